The van der Waals surface area contributed by atoms with Crippen LogP contribution in [-0.2, 0) is 16.1 Å². The maximum absolute atomic E-state index is 14.2. The molecular weight excluding hydrogens is 687 g/mol. The van der Waals surface area contributed by atoms with Gasteiger partial charge in [0, 0.05) is 16.0 Å². The Morgan fingerprint density at radius 3 is 2.48 bits per heavy atom. The predicted molar refractivity (Wildman–Crippen MR) is 184 cm³/mol. The van der Waals surface area contributed by atoms with E-state index in [1.165, 1.54) is 17.4 Å². The average Bonchev–Trinajstić information content (AvgIpc) is 3.38. The largest absolute Gasteiger partial charge is 0.488 e. The van der Waals surface area contributed by atoms with E-state index in [2.05, 4.69) is 15.9 Å². The molecule has 2 heterocycles. The molecule has 0 N–H and O–H groups in total. The third-order valence-electron chi connectivity index (χ3n) is 7.40. The standard InChI is InChI=1S/C36H28BrFN2O4S2/c1-3-43-35(42)31-32(23-9-5-4-6-10-23)39-36-40(33(31)24-14-16-26(45-2)17-15-24)34(41)30(46-36)20-22-13-18-29(27(37)19-22)44-21-25-11-7-8-12-28(25)38/h4-20,33H,3,21H2,1-2H3/b30-20-/t33-/m1/s1. The van der Waals surface area contributed by atoms with Gasteiger partial charge >= 0.3 is 5.97 Å². The highest BCUT2D eigenvalue weighted by molar-refractivity contribution is 9.10. The van der Waals surface area contributed by atoms with E-state index in [-0.39, 0.29) is 24.6 Å². The molecule has 0 saturated heterocycles. The Labute approximate surface area is 281 Å². The number of halogens is 2. The Balaban J connectivity index is 1.46. The lowest BCUT2D eigenvalue weighted by Crippen LogP contribution is -2.40. The van der Waals surface area contributed by atoms with Crippen molar-refractivity contribution >= 4 is 56.8 Å². The highest BCUT2D eigenvalue weighted by Gasteiger charge is 2.35. The highest BCUT2D eigenvalue weighted by Crippen LogP contribution is 2.36. The van der Waals surface area contributed by atoms with Crippen molar-refractivity contribution in [1.82, 2.24) is 4.57 Å². The Hall–Kier alpha value is -4.25. The fraction of sp³-hybridized carbons (Fsp3) is 0.139. The molecule has 1 atom stereocenters. The van der Waals surface area contributed by atoms with E-state index in [1.54, 1.807) is 53.6 Å². The second-order valence-electron chi connectivity index (χ2n) is 10.3. The Morgan fingerprint density at radius 2 is 1.78 bits per heavy atom. The molecule has 1 aliphatic heterocycles. The van der Waals surface area contributed by atoms with Crippen molar-refractivity contribution < 1.29 is 18.7 Å². The number of nitrogens with zero attached hydrogens (tertiary/aromatic N) is 2. The summed E-state index contributed by atoms with van der Waals surface area (Å²) in [4.78, 5) is 34.2. The molecule has 6 rings (SSSR count). The lowest BCUT2D eigenvalue weighted by molar-refractivity contribution is -0.138. The van der Waals surface area contributed by atoms with E-state index in [1.807, 2.05) is 73.0 Å². The van der Waals surface area contributed by atoms with Crippen LogP contribution in [0.5, 0.6) is 5.75 Å². The molecule has 10 heteroatoms. The van der Waals surface area contributed by atoms with Crippen LogP contribution in [0.15, 0.2) is 122 Å². The number of thioether (sulfide) groups is 1. The van der Waals surface area contributed by atoms with E-state index >= 15 is 0 Å². The molecule has 0 amide bonds. The molecule has 232 valence electrons. The quantitative estimate of drug-likeness (QED) is 0.120. The number of thiazole rings is 1. The normalized spacial score (nSPS) is 14.5. The lowest BCUT2D eigenvalue weighted by atomic mass is 9.93. The number of hydrogen-bond acceptors (Lipinski definition) is 7. The average molecular weight is 716 g/mol. The first-order valence-corrected chi connectivity index (χ1v) is 17.3. The van der Waals surface area contributed by atoms with E-state index < -0.39 is 12.0 Å². The first-order valence-electron chi connectivity index (χ1n) is 14.5. The van der Waals surface area contributed by atoms with Crippen molar-refractivity contribution in [3.8, 4) is 5.75 Å². The molecule has 4 aromatic carbocycles. The van der Waals surface area contributed by atoms with E-state index in [9.17, 15) is 14.0 Å². The number of carbonyl (C=O) groups excluding carboxylic acids is 1. The highest BCUT2D eigenvalue weighted by atomic mass is 79.9. The third kappa shape index (κ3) is 6.51. The smallest absolute Gasteiger partial charge is 0.338 e. The van der Waals surface area contributed by atoms with Crippen molar-refractivity contribution in [2.75, 3.05) is 12.9 Å². The molecule has 1 aliphatic rings. The first-order chi connectivity index (χ1) is 22.4. The van der Waals surface area contributed by atoms with Crippen LogP contribution < -0.4 is 19.6 Å². The molecule has 0 saturated carbocycles. The van der Waals surface area contributed by atoms with Gasteiger partial charge in [0.2, 0.25) is 0 Å². The lowest BCUT2D eigenvalue weighted by Gasteiger charge is -2.26. The minimum Gasteiger partial charge on any atom is -0.488 e. The summed E-state index contributed by atoms with van der Waals surface area (Å²) in [6, 6.07) is 28.5. The van der Waals surface area contributed by atoms with E-state index in [4.69, 9.17) is 14.5 Å². The number of carbonyl (C=O) groups is 1. The minimum atomic E-state index is -0.746. The fourth-order valence-electron chi connectivity index (χ4n) is 5.19. The van der Waals surface area contributed by atoms with Gasteiger partial charge in [-0.3, -0.25) is 9.36 Å². The van der Waals surface area contributed by atoms with Gasteiger partial charge in [0.05, 0.1) is 32.9 Å². The summed E-state index contributed by atoms with van der Waals surface area (Å²) in [7, 11) is 0. The summed E-state index contributed by atoms with van der Waals surface area (Å²) in [6.45, 7) is 2.02. The predicted octanol–water partition coefficient (Wildman–Crippen LogP) is 7.14. The van der Waals surface area contributed by atoms with Gasteiger partial charge < -0.3 is 9.47 Å². The van der Waals surface area contributed by atoms with Crippen LogP contribution in [0.25, 0.3) is 11.8 Å². The van der Waals surface area contributed by atoms with Crippen molar-refractivity contribution in [3.05, 3.63) is 155 Å². The van der Waals surface area contributed by atoms with Crippen molar-refractivity contribution in [2.24, 2.45) is 4.99 Å². The van der Waals surface area contributed by atoms with Gasteiger partial charge in [0.25, 0.3) is 5.56 Å². The molecule has 0 aliphatic carbocycles. The van der Waals surface area contributed by atoms with Gasteiger partial charge in [-0.1, -0.05) is 78.1 Å². The first kappa shape index (κ1) is 31.7. The second-order valence-corrected chi connectivity index (χ2v) is 13.0. The van der Waals surface area contributed by atoms with E-state index in [0.717, 1.165) is 21.6 Å². The molecular formula is C36H28BrFN2O4S2. The topological polar surface area (TPSA) is 69.9 Å². The van der Waals surface area contributed by atoms with Crippen molar-refractivity contribution in [1.29, 1.82) is 0 Å². The van der Waals surface area contributed by atoms with Gasteiger partial charge in [0.1, 0.15) is 18.2 Å². The van der Waals surface area contributed by atoms with E-state index in [0.29, 0.717) is 36.4 Å². The third-order valence-corrected chi connectivity index (χ3v) is 9.75. The summed E-state index contributed by atoms with van der Waals surface area (Å²) >= 11 is 6.42. The summed E-state index contributed by atoms with van der Waals surface area (Å²) in [5.41, 5.74) is 3.25. The number of hydrogen-bond donors (Lipinski definition) is 0. The molecule has 0 spiro atoms. The molecule has 46 heavy (non-hydrogen) atoms. The molecule has 5 aromatic rings. The Bertz CT molecular complexity index is 2130. The maximum atomic E-state index is 14.2. The number of aromatic nitrogens is 1. The molecule has 0 radical (unpaired) electrons. The van der Waals surface area contributed by atoms with Crippen LogP contribution in [0.4, 0.5) is 4.39 Å². The summed E-state index contributed by atoms with van der Waals surface area (Å²) in [5.74, 6) is -0.305. The van der Waals surface area contributed by atoms with Gasteiger partial charge in [0.15, 0.2) is 4.80 Å². The number of fused-ring (bicyclic) bond motifs is 1. The summed E-state index contributed by atoms with van der Waals surface area (Å²) in [6.07, 6.45) is 3.79. The number of esters is 1. The molecule has 6 nitrogen and oxygen atoms in total. The minimum absolute atomic E-state index is 0.0771. The fourth-order valence-corrected chi connectivity index (χ4v) is 7.11. The van der Waals surface area contributed by atoms with Crippen LogP contribution in [0.3, 0.4) is 0 Å². The number of ether oxygens (including phenoxy) is 2. The van der Waals surface area contributed by atoms with Crippen molar-refractivity contribution in [2.45, 2.75) is 24.5 Å². The monoisotopic (exact) mass is 714 g/mol. The van der Waals surface area contributed by atoms with Crippen LogP contribution in [0, 0.1) is 5.82 Å². The number of benzene rings is 4. The van der Waals surface area contributed by atoms with Crippen LogP contribution in [-0.4, -0.2) is 23.4 Å². The van der Waals surface area contributed by atoms with Gasteiger partial charge in [-0.2, -0.15) is 0 Å². The SMILES string of the molecule is CCOC(=O)C1=C(c2ccccc2)N=c2s/c(=C\c3ccc(OCc4ccccc4F)c(Br)c3)c(=O)n2[C@@H]1c1ccc(SC)cc1. The van der Waals surface area contributed by atoms with Gasteiger partial charge in [-0.25, -0.2) is 14.2 Å². The molecule has 0 fully saturated rings. The Morgan fingerprint density at radius 1 is 1.04 bits per heavy atom. The molecule has 0 unspecified atom stereocenters. The van der Waals surface area contributed by atoms with Crippen LogP contribution in [0.2, 0.25) is 0 Å². The zero-order chi connectivity index (χ0) is 32.2. The number of rotatable bonds is 9. The van der Waals surface area contributed by atoms with Crippen LogP contribution in [0.1, 0.15) is 35.2 Å². The Kier molecular flexibility index (Phi) is 9.67. The van der Waals surface area contributed by atoms with Gasteiger partial charge in [-0.05, 0) is 76.6 Å². The summed E-state index contributed by atoms with van der Waals surface area (Å²) < 4.78 is 28.2. The van der Waals surface area contributed by atoms with Crippen molar-refractivity contribution in [3.63, 3.8) is 0 Å². The second kappa shape index (κ2) is 14.0. The van der Waals surface area contributed by atoms with Crippen LogP contribution >= 0.6 is 39.0 Å². The maximum Gasteiger partial charge on any atom is 0.338 e. The zero-order valence-corrected chi connectivity index (χ0v) is 28.1. The molecule has 1 aromatic heterocycles. The summed E-state index contributed by atoms with van der Waals surface area (Å²) in [5, 5.41) is 0. The zero-order valence-electron chi connectivity index (χ0n) is 24.9. The van der Waals surface area contributed by atoms with Gasteiger partial charge in [-0.15, -0.1) is 11.8 Å². The molecule has 0 bridgehead atoms.